The largest absolute Gasteiger partial charge is 0.383 e. The predicted octanol–water partition coefficient (Wildman–Crippen LogP) is 5.01. The molecule has 29 heavy (non-hydrogen) atoms. The van der Waals surface area contributed by atoms with Crippen LogP contribution in [0.15, 0.2) is 33.9 Å². The van der Waals surface area contributed by atoms with Crippen LogP contribution in [-0.4, -0.2) is 27.2 Å². The molecule has 6 nitrogen and oxygen atoms in total. The smallest absolute Gasteiger partial charge is 0.234 e. The van der Waals surface area contributed by atoms with Gasteiger partial charge in [-0.2, -0.15) is 0 Å². The van der Waals surface area contributed by atoms with E-state index in [1.165, 1.54) is 22.2 Å². The zero-order chi connectivity index (χ0) is 20.6. The molecule has 0 aliphatic carbocycles. The van der Waals surface area contributed by atoms with E-state index in [4.69, 9.17) is 10.5 Å². The Morgan fingerprint density at radius 1 is 1.38 bits per heavy atom. The molecule has 1 aliphatic heterocycles. The van der Waals surface area contributed by atoms with Gasteiger partial charge in [0.15, 0.2) is 5.16 Å². The molecule has 0 bridgehead atoms. The summed E-state index contributed by atoms with van der Waals surface area (Å²) >= 11 is 6.26. The lowest BCUT2D eigenvalue weighted by atomic mass is 9.90. The molecule has 3 aromatic rings. The summed E-state index contributed by atoms with van der Waals surface area (Å²) in [6.45, 7) is 4.84. The second-order valence-electron chi connectivity index (χ2n) is 7.19. The number of aromatic nitrogens is 2. The monoisotopic (exact) mass is 492 g/mol. The van der Waals surface area contributed by atoms with Crippen molar-refractivity contribution in [2.24, 2.45) is 0 Å². The highest BCUT2D eigenvalue weighted by atomic mass is 79.9. The average molecular weight is 493 g/mol. The number of thioether (sulfide) groups is 1. The Labute approximate surface area is 185 Å². The topological polar surface area (TPSA) is 90.1 Å². The van der Waals surface area contributed by atoms with Crippen LogP contribution in [0.1, 0.15) is 30.7 Å². The number of hydrogen-bond acceptors (Lipinski definition) is 7. The van der Waals surface area contributed by atoms with Gasteiger partial charge in [-0.1, -0.05) is 34.6 Å². The summed E-state index contributed by atoms with van der Waals surface area (Å²) in [4.78, 5) is 23.4. The van der Waals surface area contributed by atoms with E-state index < -0.39 is 0 Å². The van der Waals surface area contributed by atoms with Crippen LogP contribution in [0.4, 0.5) is 11.5 Å². The van der Waals surface area contributed by atoms with Gasteiger partial charge in [0.05, 0.1) is 23.3 Å². The van der Waals surface area contributed by atoms with E-state index in [1.807, 2.05) is 24.3 Å². The molecule has 0 saturated heterocycles. The number of fused-ring (bicyclic) bond motifs is 3. The van der Waals surface area contributed by atoms with Crippen molar-refractivity contribution in [1.29, 1.82) is 0 Å². The first-order chi connectivity index (χ1) is 13.9. The standard InChI is InChI=1S/C20H21BrN4O2S2/c1-3-20(2)8-13-14(9-27-20)29-18-16(13)17(22)24-19(25-18)28-10-15(26)23-12-6-4-11(21)5-7-12/h4-7H,3,8-10H2,1-2H3,(H,23,26)(H2,22,24,25)/t20-/m1/s1. The molecule has 1 atom stereocenters. The van der Waals surface area contributed by atoms with E-state index in [2.05, 4.69) is 45.1 Å². The Bertz CT molecular complexity index is 1070. The molecule has 9 heteroatoms. The summed E-state index contributed by atoms with van der Waals surface area (Å²) in [6, 6.07) is 7.45. The second kappa shape index (κ2) is 8.22. The lowest BCUT2D eigenvalue weighted by Gasteiger charge is -2.33. The number of benzene rings is 1. The van der Waals surface area contributed by atoms with E-state index in [0.29, 0.717) is 17.6 Å². The van der Waals surface area contributed by atoms with Crippen molar-refractivity contribution in [3.8, 4) is 0 Å². The Hall–Kier alpha value is -1.68. The minimum Gasteiger partial charge on any atom is -0.383 e. The Balaban J connectivity index is 1.49. The summed E-state index contributed by atoms with van der Waals surface area (Å²) in [6.07, 6.45) is 1.75. The van der Waals surface area contributed by atoms with Crippen LogP contribution in [0.3, 0.4) is 0 Å². The van der Waals surface area contributed by atoms with E-state index in [-0.39, 0.29) is 17.3 Å². The van der Waals surface area contributed by atoms with Gasteiger partial charge in [-0.3, -0.25) is 4.79 Å². The van der Waals surface area contributed by atoms with Crippen molar-refractivity contribution in [3.05, 3.63) is 39.2 Å². The first-order valence-electron chi connectivity index (χ1n) is 9.27. The number of nitrogens with zero attached hydrogens (tertiary/aromatic N) is 2. The highest BCUT2D eigenvalue weighted by Crippen LogP contribution is 2.41. The molecule has 2 aromatic heterocycles. The molecule has 1 amide bonds. The van der Waals surface area contributed by atoms with Crippen LogP contribution in [0.2, 0.25) is 0 Å². The molecule has 152 valence electrons. The van der Waals surface area contributed by atoms with Crippen molar-refractivity contribution >= 4 is 66.7 Å². The zero-order valence-corrected chi connectivity index (χ0v) is 19.3. The molecule has 3 N–H and O–H groups in total. The van der Waals surface area contributed by atoms with Crippen molar-refractivity contribution in [3.63, 3.8) is 0 Å². The van der Waals surface area contributed by atoms with Gasteiger partial charge >= 0.3 is 0 Å². The number of hydrogen-bond donors (Lipinski definition) is 2. The molecule has 0 radical (unpaired) electrons. The number of thiophene rings is 1. The van der Waals surface area contributed by atoms with E-state index in [0.717, 1.165) is 33.2 Å². The van der Waals surface area contributed by atoms with Gasteiger partial charge in [-0.15, -0.1) is 11.3 Å². The van der Waals surface area contributed by atoms with Crippen LogP contribution in [-0.2, 0) is 22.6 Å². The Kier molecular flexibility index (Phi) is 5.83. The molecule has 4 rings (SSSR count). The molecular formula is C20H21BrN4O2S2. The molecular weight excluding hydrogens is 472 g/mol. The number of nitrogen functional groups attached to an aromatic ring is 1. The maximum atomic E-state index is 12.2. The van der Waals surface area contributed by atoms with Crippen molar-refractivity contribution in [2.75, 3.05) is 16.8 Å². The fourth-order valence-electron chi connectivity index (χ4n) is 3.23. The van der Waals surface area contributed by atoms with Gasteiger partial charge in [0.25, 0.3) is 0 Å². The molecule has 1 aliphatic rings. The predicted molar refractivity (Wildman–Crippen MR) is 123 cm³/mol. The number of nitrogens with two attached hydrogens (primary N) is 1. The lowest BCUT2D eigenvalue weighted by Crippen LogP contribution is -2.33. The number of carbonyl (C=O) groups is 1. The van der Waals surface area contributed by atoms with Gasteiger partial charge < -0.3 is 15.8 Å². The van der Waals surface area contributed by atoms with Crippen molar-refractivity contribution in [2.45, 2.75) is 44.1 Å². The molecule has 1 aromatic carbocycles. The van der Waals surface area contributed by atoms with E-state index in [9.17, 15) is 4.79 Å². The number of halogens is 1. The van der Waals surface area contributed by atoms with Crippen LogP contribution >= 0.6 is 39.0 Å². The van der Waals surface area contributed by atoms with Crippen LogP contribution in [0.5, 0.6) is 0 Å². The first-order valence-corrected chi connectivity index (χ1v) is 11.9. The number of amides is 1. The fraction of sp³-hybridized carbons (Fsp3) is 0.350. The fourth-order valence-corrected chi connectivity index (χ4v) is 5.32. The lowest BCUT2D eigenvalue weighted by molar-refractivity contribution is -0.113. The van der Waals surface area contributed by atoms with Gasteiger partial charge in [0.1, 0.15) is 10.6 Å². The van der Waals surface area contributed by atoms with E-state index in [1.54, 1.807) is 11.3 Å². The number of rotatable bonds is 5. The minimum atomic E-state index is -0.175. The van der Waals surface area contributed by atoms with Crippen LogP contribution in [0, 0.1) is 0 Å². The quantitative estimate of drug-likeness (QED) is 0.384. The zero-order valence-electron chi connectivity index (χ0n) is 16.1. The second-order valence-corrected chi connectivity index (χ2v) is 10.1. The SMILES string of the molecule is CC[C@]1(C)Cc2c(sc3nc(SCC(=O)Nc4ccc(Br)cc4)nc(N)c23)CO1. The first kappa shape index (κ1) is 20.6. The summed E-state index contributed by atoms with van der Waals surface area (Å²) in [5.74, 6) is 0.573. The van der Waals surface area contributed by atoms with Gasteiger partial charge in [-0.25, -0.2) is 9.97 Å². The maximum absolute atomic E-state index is 12.2. The molecule has 0 fully saturated rings. The summed E-state index contributed by atoms with van der Waals surface area (Å²) in [5, 5.41) is 4.32. The van der Waals surface area contributed by atoms with Gasteiger partial charge in [0, 0.05) is 21.5 Å². The number of ether oxygens (including phenoxy) is 1. The molecule has 3 heterocycles. The van der Waals surface area contributed by atoms with Crippen LogP contribution < -0.4 is 11.1 Å². The van der Waals surface area contributed by atoms with E-state index >= 15 is 0 Å². The summed E-state index contributed by atoms with van der Waals surface area (Å²) < 4.78 is 7.01. The Morgan fingerprint density at radius 3 is 2.86 bits per heavy atom. The third-order valence-corrected chi connectivity index (χ3v) is 7.53. The average Bonchev–Trinajstić information content (AvgIpc) is 3.06. The van der Waals surface area contributed by atoms with Gasteiger partial charge in [0.2, 0.25) is 5.91 Å². The summed E-state index contributed by atoms with van der Waals surface area (Å²) in [7, 11) is 0. The Morgan fingerprint density at radius 2 is 2.14 bits per heavy atom. The maximum Gasteiger partial charge on any atom is 0.234 e. The molecule has 0 unspecified atom stereocenters. The minimum absolute atomic E-state index is 0.114. The third-order valence-electron chi connectivity index (χ3n) is 5.05. The molecule has 0 spiro atoms. The normalized spacial score (nSPS) is 18.6. The number of nitrogens with one attached hydrogen (secondary N) is 1. The highest BCUT2D eigenvalue weighted by molar-refractivity contribution is 9.10. The number of anilines is 2. The summed E-state index contributed by atoms with van der Waals surface area (Å²) in [5.41, 5.74) is 8.08. The van der Waals surface area contributed by atoms with Crippen molar-refractivity contribution in [1.82, 2.24) is 9.97 Å². The highest BCUT2D eigenvalue weighted by Gasteiger charge is 2.33. The third kappa shape index (κ3) is 4.42. The van der Waals surface area contributed by atoms with Crippen molar-refractivity contribution < 1.29 is 9.53 Å². The van der Waals surface area contributed by atoms with Gasteiger partial charge in [-0.05, 0) is 43.2 Å². The molecule has 0 saturated carbocycles. The van der Waals surface area contributed by atoms with Crippen LogP contribution in [0.25, 0.3) is 10.2 Å². The number of carbonyl (C=O) groups excluding carboxylic acids is 1.